The molecular weight excluding hydrogens is 430 g/mol. The van der Waals surface area contributed by atoms with Crippen LogP contribution in [0.25, 0.3) is 21.9 Å². The molecule has 0 fully saturated rings. The lowest BCUT2D eigenvalue weighted by Gasteiger charge is -2.36. The molecule has 10 heteroatoms. The minimum atomic E-state index is -2.58. The van der Waals surface area contributed by atoms with Crippen LogP contribution in [0.5, 0.6) is 0 Å². The largest absolute Gasteiger partial charge is 0.369 e. The molecule has 1 aliphatic heterocycles. The molecule has 0 aliphatic carbocycles. The van der Waals surface area contributed by atoms with Gasteiger partial charge in [-0.15, -0.1) is 11.3 Å². The highest BCUT2D eigenvalue weighted by Gasteiger charge is 2.39. The van der Waals surface area contributed by atoms with Gasteiger partial charge in [0, 0.05) is 17.5 Å². The van der Waals surface area contributed by atoms with Crippen LogP contribution in [0.4, 0.5) is 0 Å². The number of halogens is 1. The number of aryl methyl sites for hydroxylation is 1. The van der Waals surface area contributed by atoms with Crippen LogP contribution in [0, 0.1) is 6.92 Å². The zero-order valence-electron chi connectivity index (χ0n) is 16.2. The molecule has 0 bridgehead atoms. The number of nitrogens with zero attached hydrogens (tertiary/aromatic N) is 4. The highest BCUT2D eigenvalue weighted by atomic mass is 35.5. The molecule has 0 amide bonds. The van der Waals surface area contributed by atoms with Gasteiger partial charge in [-0.3, -0.25) is 4.31 Å². The fourth-order valence-electron chi connectivity index (χ4n) is 3.28. The van der Waals surface area contributed by atoms with Crippen LogP contribution in [0.3, 0.4) is 0 Å². The third-order valence-electron chi connectivity index (χ3n) is 4.79. The van der Waals surface area contributed by atoms with E-state index in [2.05, 4.69) is 21.0 Å². The van der Waals surface area contributed by atoms with Crippen molar-refractivity contribution < 1.29 is 8.73 Å². The second kappa shape index (κ2) is 6.86. The summed E-state index contributed by atoms with van der Waals surface area (Å²) in [6.07, 6.45) is 0. The van der Waals surface area contributed by atoms with Gasteiger partial charge < -0.3 is 10.3 Å². The summed E-state index contributed by atoms with van der Waals surface area (Å²) in [7, 11) is -0.942. The van der Waals surface area contributed by atoms with Crippen LogP contribution in [0.2, 0.25) is 5.02 Å². The predicted octanol–water partition coefficient (Wildman–Crippen LogP) is 3.53. The van der Waals surface area contributed by atoms with Gasteiger partial charge in [0.15, 0.2) is 5.82 Å². The monoisotopic (exact) mass is 449 g/mol. The van der Waals surface area contributed by atoms with Crippen LogP contribution >= 0.6 is 22.9 Å². The Bertz CT molecular complexity index is 1230. The van der Waals surface area contributed by atoms with Crippen molar-refractivity contribution in [1.82, 2.24) is 14.4 Å². The molecular formula is C19H20ClN5O2S2. The van der Waals surface area contributed by atoms with E-state index in [0.717, 1.165) is 20.9 Å². The topological polar surface area (TPSA) is 97.6 Å². The molecule has 1 aliphatic rings. The van der Waals surface area contributed by atoms with E-state index in [0.29, 0.717) is 16.7 Å². The molecule has 1 aromatic carbocycles. The minimum Gasteiger partial charge on any atom is -0.369 e. The van der Waals surface area contributed by atoms with E-state index in [9.17, 15) is 4.21 Å². The summed E-state index contributed by atoms with van der Waals surface area (Å²) in [5, 5.41) is 4.40. The highest BCUT2D eigenvalue weighted by molar-refractivity contribution is 7.98. The van der Waals surface area contributed by atoms with Crippen LogP contribution in [-0.4, -0.2) is 43.3 Å². The summed E-state index contributed by atoms with van der Waals surface area (Å²) in [6, 6.07) is 9.68. The van der Waals surface area contributed by atoms with Gasteiger partial charge in [0.1, 0.15) is 5.54 Å². The molecule has 0 saturated heterocycles. The average Bonchev–Trinajstić information content (AvgIpc) is 3.26. The zero-order valence-corrected chi connectivity index (χ0v) is 18.6. The van der Waals surface area contributed by atoms with E-state index >= 15 is 0 Å². The fourth-order valence-corrected chi connectivity index (χ4v) is 6.66. The van der Waals surface area contributed by atoms with Crippen LogP contribution < -0.4 is 5.73 Å². The van der Waals surface area contributed by atoms with Crippen LogP contribution in [0.1, 0.15) is 17.6 Å². The van der Waals surface area contributed by atoms with Crippen LogP contribution in [-0.2, 0) is 15.2 Å². The van der Waals surface area contributed by atoms with Gasteiger partial charge in [-0.2, -0.15) is 4.98 Å². The second-order valence-electron chi connectivity index (χ2n) is 7.17. The molecule has 0 radical (unpaired) electrons. The number of thiophene rings is 1. The summed E-state index contributed by atoms with van der Waals surface area (Å²) in [5.41, 5.74) is 6.99. The van der Waals surface area contributed by atoms with Gasteiger partial charge in [-0.1, -0.05) is 28.9 Å². The Balaban J connectivity index is 1.76. The van der Waals surface area contributed by atoms with Crippen molar-refractivity contribution in [3.05, 3.63) is 46.1 Å². The zero-order chi connectivity index (χ0) is 21.0. The maximum Gasteiger partial charge on any atom is 0.257 e. The molecule has 7 nitrogen and oxygen atoms in total. The first-order valence-electron chi connectivity index (χ1n) is 8.74. The first-order valence-corrected chi connectivity index (χ1v) is 11.8. The first kappa shape index (κ1) is 19.9. The molecule has 0 saturated carbocycles. The summed E-state index contributed by atoms with van der Waals surface area (Å²) in [4.78, 5) is 10.6. The second-order valence-corrected chi connectivity index (χ2v) is 11.0. The van der Waals surface area contributed by atoms with Gasteiger partial charge in [0.05, 0.1) is 25.4 Å². The van der Waals surface area contributed by atoms with E-state index in [1.165, 1.54) is 15.6 Å². The first-order chi connectivity index (χ1) is 13.6. The standard InChI is InChI=1S/C19H20ClN5O2S2/c1-11-22-17(27-24-11)13-7-5-6-12(8-13)15-9-14(20)16(28-15)19(2)10-29(4,26)25(3)18(21)23-19/h5-9H,4,10H2,1-3H3,(H2,21,23)/t19-,29?/m0/s1. The Morgan fingerprint density at radius 2 is 2.10 bits per heavy atom. The Morgan fingerprint density at radius 1 is 1.38 bits per heavy atom. The third kappa shape index (κ3) is 3.54. The van der Waals surface area contributed by atoms with Crippen molar-refractivity contribution in [1.29, 1.82) is 0 Å². The molecule has 3 heterocycles. The summed E-state index contributed by atoms with van der Waals surface area (Å²) < 4.78 is 19.6. The summed E-state index contributed by atoms with van der Waals surface area (Å²) in [5.74, 6) is 5.32. The van der Waals surface area contributed by atoms with Crippen molar-refractivity contribution in [3.63, 3.8) is 0 Å². The molecule has 2 N–H and O–H groups in total. The Labute approximate surface area is 178 Å². The number of guanidine groups is 1. The number of benzene rings is 1. The normalized spacial score (nSPS) is 24.6. The number of aromatic nitrogens is 2. The lowest BCUT2D eigenvalue weighted by Crippen LogP contribution is -2.50. The predicted molar refractivity (Wildman–Crippen MR) is 120 cm³/mol. The maximum atomic E-state index is 12.9. The van der Waals surface area contributed by atoms with E-state index < -0.39 is 15.2 Å². The van der Waals surface area contributed by atoms with Crippen molar-refractivity contribution in [2.45, 2.75) is 19.4 Å². The molecule has 3 aromatic rings. The number of aliphatic imine (C=N–C) groups is 1. The molecule has 0 spiro atoms. The van der Waals surface area contributed by atoms with Gasteiger partial charge in [-0.25, -0.2) is 9.20 Å². The number of hydrogen-bond donors (Lipinski definition) is 1. The molecule has 1 unspecified atom stereocenters. The van der Waals surface area contributed by atoms with Gasteiger partial charge in [-0.05, 0) is 43.5 Å². The Morgan fingerprint density at radius 3 is 2.76 bits per heavy atom. The molecule has 29 heavy (non-hydrogen) atoms. The number of hydrogen-bond acceptors (Lipinski definition) is 7. The van der Waals surface area contributed by atoms with E-state index in [1.807, 2.05) is 37.3 Å². The smallest absolute Gasteiger partial charge is 0.257 e. The lowest BCUT2D eigenvalue weighted by atomic mass is 10.0. The molecule has 2 aromatic heterocycles. The van der Waals surface area contributed by atoms with Gasteiger partial charge in [0.25, 0.3) is 5.89 Å². The van der Waals surface area contributed by atoms with Gasteiger partial charge >= 0.3 is 0 Å². The van der Waals surface area contributed by atoms with Crippen molar-refractivity contribution in [2.75, 3.05) is 12.8 Å². The van der Waals surface area contributed by atoms with E-state index in [1.54, 1.807) is 14.0 Å². The maximum absolute atomic E-state index is 12.9. The summed E-state index contributed by atoms with van der Waals surface area (Å²) in [6.45, 7) is 3.66. The van der Waals surface area contributed by atoms with E-state index in [-0.39, 0.29) is 11.7 Å². The fraction of sp³-hybridized carbons (Fsp3) is 0.263. The Hall–Kier alpha value is -2.36. The van der Waals surface area contributed by atoms with Crippen molar-refractivity contribution >= 4 is 44.5 Å². The van der Waals surface area contributed by atoms with Crippen LogP contribution in [0.15, 0.2) is 39.8 Å². The number of nitrogens with two attached hydrogens (primary N) is 1. The molecule has 2 atom stereocenters. The van der Waals surface area contributed by atoms with Gasteiger partial charge in [0.2, 0.25) is 5.96 Å². The molecule has 4 rings (SSSR count). The quantitative estimate of drug-likeness (QED) is 0.617. The highest BCUT2D eigenvalue weighted by Crippen LogP contribution is 2.44. The SMILES string of the molecule is C=S1(=O)C[C@@](C)(c2sc(-c3cccc(-c4nc(C)no4)c3)cc2Cl)N=C(N)N1C. The Kier molecular flexibility index (Phi) is 4.71. The third-order valence-corrected chi connectivity index (χ3v) is 8.83. The average molecular weight is 450 g/mol. The summed E-state index contributed by atoms with van der Waals surface area (Å²) >= 11 is 8.09. The lowest BCUT2D eigenvalue weighted by molar-refractivity contribution is 0.425. The number of rotatable bonds is 3. The molecule has 152 valence electrons. The van der Waals surface area contributed by atoms with E-state index in [4.69, 9.17) is 21.9 Å². The van der Waals surface area contributed by atoms with Crippen molar-refractivity contribution in [2.24, 2.45) is 10.7 Å². The van der Waals surface area contributed by atoms with Crippen molar-refractivity contribution in [3.8, 4) is 21.9 Å². The minimum absolute atomic E-state index is 0.193.